The number of fused-ring (bicyclic) bond motifs is 1. The van der Waals surface area contributed by atoms with Crippen LogP contribution in [0.2, 0.25) is 0 Å². The number of nitrogens with zero attached hydrogens (tertiary/aromatic N) is 4. The SMILES string of the molecule is Nc1nc(N)c2cc(N3CCCC3)ncc2n1. The van der Waals surface area contributed by atoms with Crippen molar-refractivity contribution in [1.82, 2.24) is 15.0 Å². The summed E-state index contributed by atoms with van der Waals surface area (Å²) in [6.45, 7) is 2.10. The Morgan fingerprint density at radius 2 is 1.88 bits per heavy atom. The first-order chi connectivity index (χ1) is 8.24. The molecule has 3 heterocycles. The molecular formula is C11H14N6. The lowest BCUT2D eigenvalue weighted by molar-refractivity contribution is 0.940. The molecule has 0 saturated carbocycles. The van der Waals surface area contributed by atoms with Crippen molar-refractivity contribution in [3.05, 3.63) is 12.3 Å². The van der Waals surface area contributed by atoms with Gasteiger partial charge in [0.2, 0.25) is 5.95 Å². The van der Waals surface area contributed by atoms with E-state index in [4.69, 9.17) is 11.5 Å². The minimum atomic E-state index is 0.186. The summed E-state index contributed by atoms with van der Waals surface area (Å²) in [5.74, 6) is 1.54. The molecular weight excluding hydrogens is 216 g/mol. The molecule has 3 rings (SSSR count). The fraction of sp³-hybridized carbons (Fsp3) is 0.364. The van der Waals surface area contributed by atoms with E-state index in [9.17, 15) is 0 Å². The smallest absolute Gasteiger partial charge is 0.222 e. The van der Waals surface area contributed by atoms with E-state index in [2.05, 4.69) is 19.9 Å². The zero-order valence-electron chi connectivity index (χ0n) is 9.43. The molecule has 1 aliphatic heterocycles. The summed E-state index contributed by atoms with van der Waals surface area (Å²) in [5.41, 5.74) is 12.1. The lowest BCUT2D eigenvalue weighted by Crippen LogP contribution is -2.18. The van der Waals surface area contributed by atoms with Gasteiger partial charge in [-0.05, 0) is 18.9 Å². The number of pyridine rings is 1. The second-order valence-electron chi connectivity index (χ2n) is 4.22. The molecule has 6 nitrogen and oxygen atoms in total. The Hall–Kier alpha value is -2.11. The normalized spacial score (nSPS) is 15.6. The fourth-order valence-corrected chi connectivity index (χ4v) is 2.18. The Labute approximate surface area is 98.7 Å². The van der Waals surface area contributed by atoms with Gasteiger partial charge in [-0.2, -0.15) is 4.98 Å². The van der Waals surface area contributed by atoms with Crippen LogP contribution in [0.4, 0.5) is 17.6 Å². The van der Waals surface area contributed by atoms with Crippen molar-refractivity contribution in [1.29, 1.82) is 0 Å². The fourth-order valence-electron chi connectivity index (χ4n) is 2.18. The third kappa shape index (κ3) is 1.71. The molecule has 0 aliphatic carbocycles. The lowest BCUT2D eigenvalue weighted by Gasteiger charge is -2.16. The van der Waals surface area contributed by atoms with Crippen LogP contribution in [0.15, 0.2) is 12.3 Å². The molecule has 1 fully saturated rings. The maximum absolute atomic E-state index is 5.85. The summed E-state index contributed by atoms with van der Waals surface area (Å²) < 4.78 is 0. The van der Waals surface area contributed by atoms with Crippen molar-refractivity contribution in [2.75, 3.05) is 29.5 Å². The molecule has 88 valence electrons. The molecule has 0 amide bonds. The monoisotopic (exact) mass is 230 g/mol. The van der Waals surface area contributed by atoms with Gasteiger partial charge in [0.25, 0.3) is 0 Å². The minimum Gasteiger partial charge on any atom is -0.383 e. The maximum Gasteiger partial charge on any atom is 0.222 e. The van der Waals surface area contributed by atoms with Crippen molar-refractivity contribution < 1.29 is 0 Å². The first-order valence-electron chi connectivity index (χ1n) is 5.68. The maximum atomic E-state index is 5.85. The Balaban J connectivity index is 2.11. The van der Waals surface area contributed by atoms with E-state index < -0.39 is 0 Å². The first-order valence-corrected chi connectivity index (χ1v) is 5.68. The molecule has 0 radical (unpaired) electrons. The summed E-state index contributed by atoms with van der Waals surface area (Å²) >= 11 is 0. The standard InChI is InChI=1S/C11H14N6/c12-10-7-5-9(17-3-1-2-4-17)14-6-8(7)15-11(13)16-10/h5-6H,1-4H2,(H4,12,13,15,16). The van der Waals surface area contributed by atoms with Crippen LogP contribution in [0.5, 0.6) is 0 Å². The van der Waals surface area contributed by atoms with Gasteiger partial charge >= 0.3 is 0 Å². The van der Waals surface area contributed by atoms with Gasteiger partial charge in [-0.3, -0.25) is 0 Å². The van der Waals surface area contributed by atoms with Crippen LogP contribution in [0.1, 0.15) is 12.8 Å². The van der Waals surface area contributed by atoms with Gasteiger partial charge in [-0.15, -0.1) is 0 Å². The van der Waals surface area contributed by atoms with E-state index in [0.717, 1.165) is 24.3 Å². The summed E-state index contributed by atoms with van der Waals surface area (Å²) in [7, 11) is 0. The van der Waals surface area contributed by atoms with Crippen LogP contribution < -0.4 is 16.4 Å². The van der Waals surface area contributed by atoms with Crippen molar-refractivity contribution in [3.63, 3.8) is 0 Å². The van der Waals surface area contributed by atoms with Gasteiger partial charge in [-0.1, -0.05) is 0 Å². The Morgan fingerprint density at radius 1 is 1.12 bits per heavy atom. The molecule has 2 aromatic heterocycles. The van der Waals surface area contributed by atoms with Crippen LogP contribution in [-0.4, -0.2) is 28.0 Å². The van der Waals surface area contributed by atoms with Gasteiger partial charge in [0.1, 0.15) is 11.6 Å². The highest BCUT2D eigenvalue weighted by atomic mass is 15.2. The van der Waals surface area contributed by atoms with Crippen LogP contribution in [0.25, 0.3) is 10.9 Å². The number of hydrogen-bond acceptors (Lipinski definition) is 6. The zero-order chi connectivity index (χ0) is 11.8. The van der Waals surface area contributed by atoms with E-state index in [0.29, 0.717) is 11.3 Å². The quantitative estimate of drug-likeness (QED) is 0.752. The molecule has 6 heteroatoms. The molecule has 17 heavy (non-hydrogen) atoms. The summed E-state index contributed by atoms with van der Waals surface area (Å²) in [6.07, 6.45) is 4.14. The molecule has 0 bridgehead atoms. The second kappa shape index (κ2) is 3.73. The van der Waals surface area contributed by atoms with E-state index in [1.54, 1.807) is 6.20 Å². The van der Waals surface area contributed by atoms with Crippen LogP contribution in [0.3, 0.4) is 0 Å². The highest BCUT2D eigenvalue weighted by Gasteiger charge is 2.14. The molecule has 0 atom stereocenters. The molecule has 2 aromatic rings. The zero-order valence-corrected chi connectivity index (χ0v) is 9.43. The van der Waals surface area contributed by atoms with Gasteiger partial charge in [0.15, 0.2) is 0 Å². The average Bonchev–Trinajstić information content (AvgIpc) is 2.82. The van der Waals surface area contributed by atoms with E-state index in [1.807, 2.05) is 6.07 Å². The number of nitrogen functional groups attached to an aromatic ring is 2. The van der Waals surface area contributed by atoms with Crippen molar-refractivity contribution in [2.24, 2.45) is 0 Å². The molecule has 4 N–H and O–H groups in total. The van der Waals surface area contributed by atoms with Crippen molar-refractivity contribution >= 4 is 28.5 Å². The van der Waals surface area contributed by atoms with Crippen LogP contribution in [-0.2, 0) is 0 Å². The number of aromatic nitrogens is 3. The van der Waals surface area contributed by atoms with Crippen molar-refractivity contribution in [3.8, 4) is 0 Å². The number of hydrogen-bond donors (Lipinski definition) is 2. The number of anilines is 3. The van der Waals surface area contributed by atoms with Gasteiger partial charge < -0.3 is 16.4 Å². The number of nitrogens with two attached hydrogens (primary N) is 2. The summed E-state index contributed by atoms with van der Waals surface area (Å²) in [5, 5.41) is 0.816. The third-order valence-electron chi connectivity index (χ3n) is 3.04. The third-order valence-corrected chi connectivity index (χ3v) is 3.04. The average molecular weight is 230 g/mol. The Kier molecular flexibility index (Phi) is 2.21. The molecule has 1 aliphatic rings. The van der Waals surface area contributed by atoms with Crippen LogP contribution >= 0.6 is 0 Å². The summed E-state index contributed by atoms with van der Waals surface area (Å²) in [4.78, 5) is 14.7. The Morgan fingerprint density at radius 3 is 2.65 bits per heavy atom. The largest absolute Gasteiger partial charge is 0.383 e. The van der Waals surface area contributed by atoms with E-state index in [1.165, 1.54) is 12.8 Å². The summed E-state index contributed by atoms with van der Waals surface area (Å²) in [6, 6.07) is 1.94. The van der Waals surface area contributed by atoms with Gasteiger partial charge in [0, 0.05) is 18.5 Å². The van der Waals surface area contributed by atoms with Crippen LogP contribution in [0, 0.1) is 0 Å². The second-order valence-corrected chi connectivity index (χ2v) is 4.22. The lowest BCUT2D eigenvalue weighted by atomic mass is 10.2. The number of rotatable bonds is 1. The van der Waals surface area contributed by atoms with Gasteiger partial charge in [-0.25, -0.2) is 9.97 Å². The van der Waals surface area contributed by atoms with Gasteiger partial charge in [0.05, 0.1) is 11.7 Å². The highest BCUT2D eigenvalue weighted by Crippen LogP contribution is 2.24. The van der Waals surface area contributed by atoms with Crippen molar-refractivity contribution in [2.45, 2.75) is 12.8 Å². The van der Waals surface area contributed by atoms with E-state index in [-0.39, 0.29) is 5.95 Å². The van der Waals surface area contributed by atoms with E-state index >= 15 is 0 Å². The molecule has 0 aromatic carbocycles. The minimum absolute atomic E-state index is 0.186. The predicted octanol–water partition coefficient (Wildman–Crippen LogP) is 0.789. The highest BCUT2D eigenvalue weighted by molar-refractivity contribution is 5.90. The topological polar surface area (TPSA) is 93.9 Å². The molecule has 1 saturated heterocycles. The first kappa shape index (κ1) is 10.1. The molecule has 0 unspecified atom stereocenters. The Bertz CT molecular complexity index is 561. The molecule has 0 spiro atoms. The predicted molar refractivity (Wildman–Crippen MR) is 67.6 cm³/mol.